The van der Waals surface area contributed by atoms with Crippen LogP contribution in [0.25, 0.3) is 0 Å². The molecule has 2 aliphatic rings. The van der Waals surface area contributed by atoms with Gasteiger partial charge in [-0.1, -0.05) is 71.9 Å². The first-order valence-corrected chi connectivity index (χ1v) is 14.0. The highest BCUT2D eigenvalue weighted by Gasteiger charge is 2.58. The van der Waals surface area contributed by atoms with Crippen molar-refractivity contribution in [3.05, 3.63) is 35.9 Å². The topological polar surface area (TPSA) is 46.2 Å². The molecule has 0 amide bonds. The maximum Gasteiger partial charge on any atom is 0.203 e. The first-order valence-electron chi connectivity index (χ1n) is 11.8. The third kappa shape index (κ3) is 5.10. The van der Waals surface area contributed by atoms with Crippen molar-refractivity contribution in [1.82, 2.24) is 0 Å². The van der Waals surface area contributed by atoms with Gasteiger partial charge in [0, 0.05) is 0 Å². The van der Waals surface area contributed by atoms with Gasteiger partial charge in [-0.25, -0.2) is 0 Å². The Labute approximate surface area is 189 Å². The molecular weight excluding hydrogens is 408 g/mol. The Kier molecular flexibility index (Phi) is 7.71. The summed E-state index contributed by atoms with van der Waals surface area (Å²) in [6.07, 6.45) is -1.37. The van der Waals surface area contributed by atoms with Crippen LogP contribution in [0, 0.1) is 0 Å². The van der Waals surface area contributed by atoms with Crippen LogP contribution in [0.1, 0.15) is 67.9 Å². The molecule has 2 fully saturated rings. The van der Waals surface area contributed by atoms with E-state index in [2.05, 4.69) is 60.6 Å². The zero-order valence-corrected chi connectivity index (χ0v) is 21.8. The summed E-state index contributed by atoms with van der Waals surface area (Å²) in [7, 11) is -2.15. The Morgan fingerprint density at radius 2 is 1.45 bits per heavy atom. The van der Waals surface area contributed by atoms with E-state index >= 15 is 0 Å². The average Bonchev–Trinajstić information content (AvgIpc) is 3.00. The van der Waals surface area contributed by atoms with E-state index in [0.29, 0.717) is 23.2 Å². The highest BCUT2D eigenvalue weighted by atomic mass is 28.4. The standard InChI is InChI=1S/C25H42O5Si/c1-16(2)31(17(3)4,18(5)6)30-24-23-22(28-25(8,9)29-23)21(19(7)27-24)26-15-20-13-11-10-12-14-20/h10-14,16-19,21-24H,15H2,1-9H3/t19?,21-,22?,23?,24-/m0/s1. The van der Waals surface area contributed by atoms with E-state index < -0.39 is 20.4 Å². The molecule has 1 aromatic rings. The predicted molar refractivity (Wildman–Crippen MR) is 125 cm³/mol. The fourth-order valence-corrected chi connectivity index (χ4v) is 11.0. The fourth-order valence-electron chi connectivity index (χ4n) is 5.62. The Hall–Kier alpha value is -0.763. The van der Waals surface area contributed by atoms with E-state index in [1.54, 1.807) is 0 Å². The van der Waals surface area contributed by atoms with E-state index in [0.717, 1.165) is 5.56 Å². The maximum atomic E-state index is 7.01. The van der Waals surface area contributed by atoms with E-state index in [1.807, 2.05) is 32.0 Å². The quantitative estimate of drug-likeness (QED) is 0.453. The number of ether oxygens (including phenoxy) is 4. The number of hydrogen-bond donors (Lipinski definition) is 0. The molecule has 0 aromatic heterocycles. The summed E-state index contributed by atoms with van der Waals surface area (Å²) in [6.45, 7) is 20.2. The molecular formula is C25H42O5Si. The van der Waals surface area contributed by atoms with Crippen molar-refractivity contribution in [1.29, 1.82) is 0 Å². The highest BCUT2D eigenvalue weighted by molar-refractivity contribution is 6.77. The van der Waals surface area contributed by atoms with Crippen LogP contribution in [0.3, 0.4) is 0 Å². The summed E-state index contributed by atoms with van der Waals surface area (Å²) in [5, 5.41) is 0. The monoisotopic (exact) mass is 450 g/mol. The molecule has 5 atom stereocenters. The number of hydrogen-bond acceptors (Lipinski definition) is 5. The van der Waals surface area contributed by atoms with Gasteiger partial charge in [0.2, 0.25) is 8.32 Å². The van der Waals surface area contributed by atoms with Crippen LogP contribution in [0.15, 0.2) is 30.3 Å². The molecule has 0 N–H and O–H groups in total. The Morgan fingerprint density at radius 1 is 0.903 bits per heavy atom. The zero-order valence-electron chi connectivity index (χ0n) is 20.8. The van der Waals surface area contributed by atoms with Gasteiger partial charge in [-0.15, -0.1) is 0 Å². The largest absolute Gasteiger partial charge is 0.389 e. The molecule has 2 saturated heterocycles. The van der Waals surface area contributed by atoms with Gasteiger partial charge in [0.05, 0.1) is 12.7 Å². The molecule has 1 aromatic carbocycles. The van der Waals surface area contributed by atoms with E-state index in [-0.39, 0.29) is 24.4 Å². The lowest BCUT2D eigenvalue weighted by molar-refractivity contribution is -0.256. The third-order valence-electron chi connectivity index (χ3n) is 6.88. The molecule has 3 unspecified atom stereocenters. The number of rotatable bonds is 8. The van der Waals surface area contributed by atoms with E-state index in [1.165, 1.54) is 0 Å². The number of fused-ring (bicyclic) bond motifs is 1. The first-order chi connectivity index (χ1) is 14.5. The molecule has 0 saturated carbocycles. The number of benzene rings is 1. The van der Waals surface area contributed by atoms with Gasteiger partial charge in [0.25, 0.3) is 0 Å². The molecule has 31 heavy (non-hydrogen) atoms. The molecule has 0 bridgehead atoms. The van der Waals surface area contributed by atoms with Crippen LogP contribution in [0.2, 0.25) is 16.6 Å². The summed E-state index contributed by atoms with van der Waals surface area (Å²) in [5.41, 5.74) is 2.53. The lowest BCUT2D eigenvalue weighted by Crippen LogP contribution is -2.61. The Balaban J connectivity index is 1.83. The second-order valence-electron chi connectivity index (χ2n) is 10.5. The first kappa shape index (κ1) is 24.9. The van der Waals surface area contributed by atoms with Crippen LogP contribution < -0.4 is 0 Å². The summed E-state index contributed by atoms with van der Waals surface area (Å²) >= 11 is 0. The lowest BCUT2D eigenvalue weighted by Gasteiger charge is -2.48. The second kappa shape index (κ2) is 9.62. The van der Waals surface area contributed by atoms with Gasteiger partial charge < -0.3 is 23.4 Å². The molecule has 6 heteroatoms. The average molecular weight is 451 g/mol. The van der Waals surface area contributed by atoms with Crippen molar-refractivity contribution in [2.45, 2.75) is 122 Å². The molecule has 0 radical (unpaired) electrons. The van der Waals surface area contributed by atoms with E-state index in [9.17, 15) is 0 Å². The van der Waals surface area contributed by atoms with E-state index in [4.69, 9.17) is 23.4 Å². The second-order valence-corrected chi connectivity index (χ2v) is 15.9. The van der Waals surface area contributed by atoms with Crippen LogP contribution in [-0.2, 0) is 30.0 Å². The minimum absolute atomic E-state index is 0.161. The van der Waals surface area contributed by atoms with Crippen molar-refractivity contribution in [2.75, 3.05) is 0 Å². The van der Waals surface area contributed by atoms with Gasteiger partial charge in [-0.2, -0.15) is 0 Å². The van der Waals surface area contributed by atoms with Gasteiger partial charge >= 0.3 is 0 Å². The lowest BCUT2D eigenvalue weighted by atomic mass is 10.00. The van der Waals surface area contributed by atoms with Gasteiger partial charge in [-0.05, 0) is 43.0 Å². The molecule has 0 aliphatic carbocycles. The van der Waals surface area contributed by atoms with Crippen molar-refractivity contribution < 1.29 is 23.4 Å². The molecule has 3 rings (SSSR count). The molecule has 2 heterocycles. The van der Waals surface area contributed by atoms with Crippen LogP contribution in [0.5, 0.6) is 0 Å². The zero-order chi connectivity index (χ0) is 23.0. The van der Waals surface area contributed by atoms with Gasteiger partial charge in [0.15, 0.2) is 12.1 Å². The maximum absolute atomic E-state index is 7.01. The summed E-state index contributed by atoms with van der Waals surface area (Å²) in [5.74, 6) is -0.698. The Morgan fingerprint density at radius 3 is 2.00 bits per heavy atom. The summed E-state index contributed by atoms with van der Waals surface area (Å²) in [6, 6.07) is 10.2. The minimum Gasteiger partial charge on any atom is -0.389 e. The van der Waals surface area contributed by atoms with Crippen molar-refractivity contribution >= 4 is 8.32 Å². The molecule has 0 spiro atoms. The van der Waals surface area contributed by atoms with Gasteiger partial charge in [0.1, 0.15) is 18.3 Å². The molecule has 176 valence electrons. The molecule has 2 aliphatic heterocycles. The van der Waals surface area contributed by atoms with Crippen molar-refractivity contribution in [3.8, 4) is 0 Å². The smallest absolute Gasteiger partial charge is 0.203 e. The minimum atomic E-state index is -2.15. The summed E-state index contributed by atoms with van der Waals surface area (Å²) in [4.78, 5) is 0. The SMILES string of the molecule is CC1O[C@@H](O[Si](C(C)C)(C(C)C)C(C)C)C2OC(C)(C)OC2[C@H]1OCc1ccccc1. The van der Waals surface area contributed by atoms with Crippen molar-refractivity contribution in [3.63, 3.8) is 0 Å². The Bertz CT molecular complexity index is 683. The highest BCUT2D eigenvalue weighted by Crippen LogP contribution is 2.46. The summed E-state index contributed by atoms with van der Waals surface area (Å²) < 4.78 is 32.5. The fraction of sp³-hybridized carbons (Fsp3) is 0.760. The molecule has 5 nitrogen and oxygen atoms in total. The third-order valence-corrected chi connectivity index (χ3v) is 12.9. The normalized spacial score (nSPS) is 30.9. The van der Waals surface area contributed by atoms with Crippen LogP contribution in [0.4, 0.5) is 0 Å². The van der Waals surface area contributed by atoms with Crippen molar-refractivity contribution in [2.24, 2.45) is 0 Å². The van der Waals surface area contributed by atoms with Crippen LogP contribution >= 0.6 is 0 Å². The predicted octanol–water partition coefficient (Wildman–Crippen LogP) is 6.03. The van der Waals surface area contributed by atoms with Gasteiger partial charge in [-0.3, -0.25) is 0 Å². The van der Waals surface area contributed by atoms with Crippen LogP contribution in [-0.4, -0.2) is 44.8 Å².